The van der Waals surface area contributed by atoms with Crippen LogP contribution in [0.5, 0.6) is 5.88 Å². The van der Waals surface area contributed by atoms with Crippen molar-refractivity contribution in [1.82, 2.24) is 14.8 Å². The highest BCUT2D eigenvalue weighted by Crippen LogP contribution is 2.19. The molecule has 0 aliphatic rings. The third-order valence-corrected chi connectivity index (χ3v) is 3.18. The van der Waals surface area contributed by atoms with Crippen molar-refractivity contribution in [3.8, 4) is 11.9 Å². The number of hydrogen-bond acceptors (Lipinski definition) is 5. The van der Waals surface area contributed by atoms with E-state index in [0.717, 1.165) is 23.5 Å². The van der Waals surface area contributed by atoms with Crippen LogP contribution in [0.4, 0.5) is 5.82 Å². The normalized spacial score (nSPS) is 10.5. The van der Waals surface area contributed by atoms with E-state index in [1.165, 1.54) is 0 Å². The highest BCUT2D eigenvalue weighted by molar-refractivity contribution is 5.55. The van der Waals surface area contributed by atoms with Crippen molar-refractivity contribution in [2.45, 2.75) is 39.8 Å². The van der Waals surface area contributed by atoms with Crippen molar-refractivity contribution >= 4 is 5.82 Å². The van der Waals surface area contributed by atoms with Gasteiger partial charge in [-0.3, -0.25) is 4.68 Å². The Morgan fingerprint density at radius 1 is 1.41 bits per heavy atom. The van der Waals surface area contributed by atoms with Crippen LogP contribution in [0, 0.1) is 11.3 Å². The lowest BCUT2D eigenvalue weighted by molar-refractivity contribution is 0.232. The van der Waals surface area contributed by atoms with Crippen LogP contribution in [-0.4, -0.2) is 20.9 Å². The zero-order valence-corrected chi connectivity index (χ0v) is 13.4. The first-order chi connectivity index (χ1) is 10.5. The molecule has 1 N–H and O–H groups in total. The smallest absolute Gasteiger partial charge is 0.213 e. The SMILES string of the molecule is CCc1nn(C)c(NCc2ccc(OC(C)C)nc2)c1C#N. The van der Waals surface area contributed by atoms with Crippen LogP contribution in [0.25, 0.3) is 0 Å². The maximum atomic E-state index is 9.29. The molecule has 0 spiro atoms. The van der Waals surface area contributed by atoms with Crippen LogP contribution in [-0.2, 0) is 20.0 Å². The van der Waals surface area contributed by atoms with Crippen LogP contribution < -0.4 is 10.1 Å². The molecular formula is C16H21N5O. The molecule has 0 amide bonds. The predicted octanol–water partition coefficient (Wildman–Crippen LogP) is 2.65. The number of hydrogen-bond donors (Lipinski definition) is 1. The summed E-state index contributed by atoms with van der Waals surface area (Å²) in [4.78, 5) is 4.27. The number of pyridine rings is 1. The van der Waals surface area contributed by atoms with E-state index in [4.69, 9.17) is 4.74 Å². The highest BCUT2D eigenvalue weighted by atomic mass is 16.5. The van der Waals surface area contributed by atoms with Crippen molar-refractivity contribution < 1.29 is 4.74 Å². The van der Waals surface area contributed by atoms with Crippen molar-refractivity contribution in [2.75, 3.05) is 5.32 Å². The van der Waals surface area contributed by atoms with Crippen molar-refractivity contribution in [1.29, 1.82) is 5.26 Å². The number of nitrogens with zero attached hydrogens (tertiary/aromatic N) is 4. The molecule has 0 saturated carbocycles. The van der Waals surface area contributed by atoms with E-state index in [1.54, 1.807) is 10.9 Å². The number of aromatic nitrogens is 3. The first-order valence-corrected chi connectivity index (χ1v) is 7.36. The summed E-state index contributed by atoms with van der Waals surface area (Å²) in [6.07, 6.45) is 2.62. The molecule has 2 rings (SSSR count). The zero-order valence-electron chi connectivity index (χ0n) is 13.4. The Balaban J connectivity index is 2.07. The van der Waals surface area contributed by atoms with Gasteiger partial charge in [-0.15, -0.1) is 0 Å². The van der Waals surface area contributed by atoms with Gasteiger partial charge in [0.05, 0.1) is 11.8 Å². The molecule has 0 bridgehead atoms. The fourth-order valence-electron chi connectivity index (χ4n) is 2.16. The lowest BCUT2D eigenvalue weighted by atomic mass is 10.2. The van der Waals surface area contributed by atoms with E-state index in [9.17, 15) is 5.26 Å². The Morgan fingerprint density at radius 2 is 2.18 bits per heavy atom. The van der Waals surface area contributed by atoms with Crippen LogP contribution in [0.1, 0.15) is 37.6 Å². The number of nitrogens with one attached hydrogen (secondary N) is 1. The molecule has 2 aromatic rings. The monoisotopic (exact) mass is 299 g/mol. The Labute approximate surface area is 130 Å². The second kappa shape index (κ2) is 6.94. The number of aryl methyl sites for hydroxylation is 2. The molecule has 0 radical (unpaired) electrons. The summed E-state index contributed by atoms with van der Waals surface area (Å²) >= 11 is 0. The molecule has 0 aliphatic carbocycles. The molecule has 0 unspecified atom stereocenters. The zero-order chi connectivity index (χ0) is 16.1. The Bertz CT molecular complexity index is 667. The minimum Gasteiger partial charge on any atom is -0.475 e. The summed E-state index contributed by atoms with van der Waals surface area (Å²) in [6.45, 7) is 6.50. The van der Waals surface area contributed by atoms with Gasteiger partial charge >= 0.3 is 0 Å². The minimum atomic E-state index is 0.108. The topological polar surface area (TPSA) is 75.8 Å². The second-order valence-corrected chi connectivity index (χ2v) is 5.28. The largest absolute Gasteiger partial charge is 0.475 e. The van der Waals surface area contributed by atoms with Gasteiger partial charge in [-0.25, -0.2) is 4.98 Å². The van der Waals surface area contributed by atoms with E-state index in [0.29, 0.717) is 18.0 Å². The third-order valence-electron chi connectivity index (χ3n) is 3.18. The van der Waals surface area contributed by atoms with Crippen LogP contribution in [0.15, 0.2) is 18.3 Å². The van der Waals surface area contributed by atoms with Gasteiger partial charge in [-0.2, -0.15) is 10.4 Å². The van der Waals surface area contributed by atoms with E-state index >= 15 is 0 Å². The molecule has 22 heavy (non-hydrogen) atoms. The lowest BCUT2D eigenvalue weighted by Gasteiger charge is -2.10. The van der Waals surface area contributed by atoms with Gasteiger partial charge in [0, 0.05) is 25.9 Å². The summed E-state index contributed by atoms with van der Waals surface area (Å²) in [5, 5.41) is 16.9. The number of anilines is 1. The first kappa shape index (κ1) is 15.8. The van der Waals surface area contributed by atoms with E-state index in [2.05, 4.69) is 21.5 Å². The summed E-state index contributed by atoms with van der Waals surface area (Å²) in [5.41, 5.74) is 2.43. The van der Waals surface area contributed by atoms with Crippen molar-refractivity contribution in [3.05, 3.63) is 35.2 Å². The molecule has 0 fully saturated rings. The average Bonchev–Trinajstić information content (AvgIpc) is 2.81. The predicted molar refractivity (Wildman–Crippen MR) is 84.6 cm³/mol. The summed E-state index contributed by atoms with van der Waals surface area (Å²) in [5.74, 6) is 1.35. The van der Waals surface area contributed by atoms with Gasteiger partial charge < -0.3 is 10.1 Å². The van der Waals surface area contributed by atoms with Crippen LogP contribution in [0.3, 0.4) is 0 Å². The maximum Gasteiger partial charge on any atom is 0.213 e. The lowest BCUT2D eigenvalue weighted by Crippen LogP contribution is -2.08. The van der Waals surface area contributed by atoms with E-state index < -0.39 is 0 Å². The molecule has 0 aliphatic heterocycles. The highest BCUT2D eigenvalue weighted by Gasteiger charge is 2.14. The van der Waals surface area contributed by atoms with Crippen LogP contribution >= 0.6 is 0 Å². The van der Waals surface area contributed by atoms with E-state index in [-0.39, 0.29) is 6.10 Å². The van der Waals surface area contributed by atoms with Crippen LogP contribution in [0.2, 0.25) is 0 Å². The van der Waals surface area contributed by atoms with Gasteiger partial charge in [0.15, 0.2) is 0 Å². The Kier molecular flexibility index (Phi) is 4.99. The fraction of sp³-hybridized carbons (Fsp3) is 0.438. The fourth-order valence-corrected chi connectivity index (χ4v) is 2.16. The van der Waals surface area contributed by atoms with Gasteiger partial charge in [0.25, 0.3) is 0 Å². The van der Waals surface area contributed by atoms with Gasteiger partial charge in [0.1, 0.15) is 17.5 Å². The van der Waals surface area contributed by atoms with Gasteiger partial charge in [-0.1, -0.05) is 13.0 Å². The quantitative estimate of drug-likeness (QED) is 0.887. The number of ether oxygens (including phenoxy) is 1. The second-order valence-electron chi connectivity index (χ2n) is 5.28. The molecule has 6 heteroatoms. The van der Waals surface area contributed by atoms with Crippen molar-refractivity contribution in [3.63, 3.8) is 0 Å². The summed E-state index contributed by atoms with van der Waals surface area (Å²) in [7, 11) is 1.83. The first-order valence-electron chi connectivity index (χ1n) is 7.36. The summed E-state index contributed by atoms with van der Waals surface area (Å²) < 4.78 is 7.23. The molecule has 2 heterocycles. The number of nitriles is 1. The Hall–Kier alpha value is -2.55. The molecular weight excluding hydrogens is 278 g/mol. The minimum absolute atomic E-state index is 0.108. The molecule has 6 nitrogen and oxygen atoms in total. The molecule has 116 valence electrons. The van der Waals surface area contributed by atoms with Crippen molar-refractivity contribution in [2.24, 2.45) is 7.05 Å². The molecule has 0 aromatic carbocycles. The number of rotatable bonds is 6. The standard InChI is InChI=1S/C16H21N5O/c1-5-14-13(8-17)16(21(4)20-14)19-10-12-6-7-15(18-9-12)22-11(2)3/h6-7,9,11,19H,5,10H2,1-4H3. The molecule has 2 aromatic heterocycles. The maximum absolute atomic E-state index is 9.29. The average molecular weight is 299 g/mol. The van der Waals surface area contributed by atoms with Gasteiger partial charge in [-0.05, 0) is 25.8 Å². The molecule has 0 atom stereocenters. The Morgan fingerprint density at radius 3 is 2.73 bits per heavy atom. The van der Waals surface area contributed by atoms with Gasteiger partial charge in [0.2, 0.25) is 5.88 Å². The van der Waals surface area contributed by atoms with E-state index in [1.807, 2.05) is 40.0 Å². The summed E-state index contributed by atoms with van der Waals surface area (Å²) in [6, 6.07) is 6.03. The molecule has 0 saturated heterocycles. The third kappa shape index (κ3) is 3.55.